The average Bonchev–Trinajstić information content (AvgIpc) is 3.02. The van der Waals surface area contributed by atoms with Gasteiger partial charge in [0.2, 0.25) is 5.91 Å². The van der Waals surface area contributed by atoms with E-state index in [9.17, 15) is 18.0 Å². The van der Waals surface area contributed by atoms with Crippen molar-refractivity contribution < 1.29 is 18.0 Å². The molecule has 148 valence electrons. The highest BCUT2D eigenvalue weighted by Crippen LogP contribution is 2.28. The minimum Gasteiger partial charge on any atom is -0.346 e. The van der Waals surface area contributed by atoms with Crippen LogP contribution in [0.4, 0.5) is 13.2 Å². The largest absolute Gasteiger partial charge is 0.405 e. The molecule has 1 N–H and O–H groups in total. The molecule has 1 amide bonds. The lowest BCUT2D eigenvalue weighted by atomic mass is 10.2. The van der Waals surface area contributed by atoms with Crippen LogP contribution in [-0.4, -0.2) is 58.1 Å². The molecule has 2 rings (SSSR count). The fraction of sp³-hybridized carbons (Fsp3) is 0.471. The van der Waals surface area contributed by atoms with Gasteiger partial charge in [0.25, 0.3) is 0 Å². The fourth-order valence-electron chi connectivity index (χ4n) is 2.57. The van der Waals surface area contributed by atoms with Gasteiger partial charge in [0, 0.05) is 5.69 Å². The predicted molar refractivity (Wildman–Crippen MR) is 97.9 cm³/mol. The van der Waals surface area contributed by atoms with Crippen LogP contribution in [0, 0.1) is 0 Å². The topological polar surface area (TPSA) is 63.1 Å². The minimum atomic E-state index is -4.43. The summed E-state index contributed by atoms with van der Waals surface area (Å²) in [7, 11) is 3.88. The highest BCUT2D eigenvalue weighted by Gasteiger charge is 2.28. The summed E-state index contributed by atoms with van der Waals surface area (Å²) in [6.45, 7) is 0.688. The zero-order chi connectivity index (χ0) is 20.0. The molecule has 0 aliphatic carbocycles. The molecular formula is C17H22F3N5OS. The average molecular weight is 401 g/mol. The number of amides is 1. The van der Waals surface area contributed by atoms with Gasteiger partial charge in [0.05, 0.1) is 11.8 Å². The summed E-state index contributed by atoms with van der Waals surface area (Å²) in [5.74, 6) is -0.173. The zero-order valence-electron chi connectivity index (χ0n) is 15.3. The Morgan fingerprint density at radius 3 is 2.48 bits per heavy atom. The zero-order valence-corrected chi connectivity index (χ0v) is 16.1. The molecule has 1 aromatic carbocycles. The number of hydrogen-bond donors (Lipinski definition) is 1. The number of hydrogen-bond acceptors (Lipinski definition) is 5. The number of nitrogens with zero attached hydrogens (tertiary/aromatic N) is 4. The molecule has 1 aromatic heterocycles. The van der Waals surface area contributed by atoms with Crippen molar-refractivity contribution in [1.82, 2.24) is 25.0 Å². The smallest absolute Gasteiger partial charge is 0.346 e. The normalized spacial score (nSPS) is 13.0. The van der Waals surface area contributed by atoms with Crippen LogP contribution in [0.15, 0.2) is 35.5 Å². The summed E-state index contributed by atoms with van der Waals surface area (Å²) in [5.41, 5.74) is 0.830. The van der Waals surface area contributed by atoms with Crippen LogP contribution in [0.2, 0.25) is 0 Å². The van der Waals surface area contributed by atoms with Gasteiger partial charge in [-0.05, 0) is 32.6 Å². The van der Waals surface area contributed by atoms with Gasteiger partial charge in [-0.25, -0.2) is 0 Å². The van der Waals surface area contributed by atoms with Gasteiger partial charge >= 0.3 is 6.18 Å². The van der Waals surface area contributed by atoms with Crippen molar-refractivity contribution in [1.29, 1.82) is 0 Å². The van der Waals surface area contributed by atoms with Gasteiger partial charge in [-0.2, -0.15) is 13.2 Å². The Morgan fingerprint density at radius 1 is 1.26 bits per heavy atom. The first kappa shape index (κ1) is 21.2. The SMILES string of the molecule is CC[C@@H](c1nnc(SCC(=O)NCC(F)(F)F)n1-c1ccccc1)N(C)C. The first-order valence-electron chi connectivity index (χ1n) is 8.36. The summed E-state index contributed by atoms with van der Waals surface area (Å²) < 4.78 is 38.5. The van der Waals surface area contributed by atoms with Gasteiger partial charge in [0.15, 0.2) is 11.0 Å². The van der Waals surface area contributed by atoms with E-state index in [-0.39, 0.29) is 11.8 Å². The lowest BCUT2D eigenvalue weighted by molar-refractivity contribution is -0.136. The van der Waals surface area contributed by atoms with Crippen molar-refractivity contribution in [2.24, 2.45) is 0 Å². The Hall–Kier alpha value is -2.07. The van der Waals surface area contributed by atoms with Gasteiger partial charge in [-0.1, -0.05) is 36.9 Å². The molecule has 1 atom stereocenters. The molecule has 0 unspecified atom stereocenters. The van der Waals surface area contributed by atoms with E-state index in [1.165, 1.54) is 0 Å². The quantitative estimate of drug-likeness (QED) is 0.689. The summed E-state index contributed by atoms with van der Waals surface area (Å²) in [5, 5.41) is 10.8. The first-order valence-corrected chi connectivity index (χ1v) is 9.35. The van der Waals surface area contributed by atoms with E-state index in [1.807, 2.05) is 66.1 Å². The van der Waals surface area contributed by atoms with Crippen LogP contribution in [0.1, 0.15) is 25.2 Å². The molecule has 0 fully saturated rings. The van der Waals surface area contributed by atoms with Gasteiger partial charge in [-0.3, -0.25) is 14.3 Å². The molecule has 0 saturated carbocycles. The molecule has 0 bridgehead atoms. The maximum atomic E-state index is 12.2. The van der Waals surface area contributed by atoms with E-state index in [0.29, 0.717) is 11.0 Å². The van der Waals surface area contributed by atoms with Crippen LogP contribution in [-0.2, 0) is 4.79 Å². The second-order valence-corrected chi connectivity index (χ2v) is 7.02. The lowest BCUT2D eigenvalue weighted by Crippen LogP contribution is -2.34. The van der Waals surface area contributed by atoms with Crippen LogP contribution in [0.25, 0.3) is 5.69 Å². The molecule has 6 nitrogen and oxygen atoms in total. The number of rotatable bonds is 8. The van der Waals surface area contributed by atoms with Gasteiger partial charge < -0.3 is 5.32 Å². The highest BCUT2D eigenvalue weighted by atomic mass is 32.2. The number of carbonyl (C=O) groups excluding carboxylic acids is 1. The molecule has 10 heteroatoms. The number of alkyl halides is 3. The first-order chi connectivity index (χ1) is 12.7. The molecule has 0 saturated heterocycles. The molecule has 1 heterocycles. The van der Waals surface area contributed by atoms with E-state index in [0.717, 1.165) is 23.9 Å². The number of benzene rings is 1. The Bertz CT molecular complexity index is 749. The number of carbonyl (C=O) groups is 1. The molecule has 0 radical (unpaired) electrons. The molecular weight excluding hydrogens is 379 g/mol. The Morgan fingerprint density at radius 2 is 1.93 bits per heavy atom. The van der Waals surface area contributed by atoms with Gasteiger partial charge in [-0.15, -0.1) is 10.2 Å². The van der Waals surface area contributed by atoms with E-state index >= 15 is 0 Å². The molecule has 0 aliphatic rings. The Kier molecular flexibility index (Phi) is 7.25. The number of aromatic nitrogens is 3. The minimum absolute atomic E-state index is 0.00566. The molecule has 2 aromatic rings. The van der Waals surface area contributed by atoms with Crippen LogP contribution >= 0.6 is 11.8 Å². The van der Waals surface area contributed by atoms with E-state index < -0.39 is 18.6 Å². The van der Waals surface area contributed by atoms with Crippen molar-refractivity contribution in [2.45, 2.75) is 30.7 Å². The number of thioether (sulfide) groups is 1. The lowest BCUT2D eigenvalue weighted by Gasteiger charge is -2.23. The third-order valence-electron chi connectivity index (χ3n) is 3.80. The van der Waals surface area contributed by atoms with Crippen molar-refractivity contribution in [3.05, 3.63) is 36.2 Å². The monoisotopic (exact) mass is 401 g/mol. The number of para-hydroxylation sites is 1. The maximum Gasteiger partial charge on any atom is 0.405 e. The summed E-state index contributed by atoms with van der Waals surface area (Å²) in [4.78, 5) is 13.7. The Labute approximate surface area is 160 Å². The summed E-state index contributed by atoms with van der Waals surface area (Å²) in [6.07, 6.45) is -3.63. The van der Waals surface area contributed by atoms with Crippen LogP contribution in [0.5, 0.6) is 0 Å². The standard InChI is InChI=1S/C17H22F3N5OS/c1-4-13(24(2)3)15-22-23-16(25(15)12-8-6-5-7-9-12)27-10-14(26)21-11-17(18,19)20/h5-9,13H,4,10-11H2,1-3H3,(H,21,26)/t13-/m0/s1. The predicted octanol–water partition coefficient (Wildman–Crippen LogP) is 3.05. The second-order valence-electron chi connectivity index (χ2n) is 6.08. The number of halogens is 3. The molecule has 0 spiro atoms. The van der Waals surface area contributed by atoms with Crippen LogP contribution < -0.4 is 5.32 Å². The van der Waals surface area contributed by atoms with E-state index in [1.54, 1.807) is 0 Å². The van der Waals surface area contributed by atoms with Crippen LogP contribution in [0.3, 0.4) is 0 Å². The second kappa shape index (κ2) is 9.23. The summed E-state index contributed by atoms with van der Waals surface area (Å²) in [6, 6.07) is 9.42. The van der Waals surface area contributed by atoms with E-state index in [4.69, 9.17) is 0 Å². The van der Waals surface area contributed by atoms with E-state index in [2.05, 4.69) is 10.2 Å². The van der Waals surface area contributed by atoms with Gasteiger partial charge in [0.1, 0.15) is 6.54 Å². The van der Waals surface area contributed by atoms with Crippen molar-refractivity contribution >= 4 is 17.7 Å². The number of nitrogens with one attached hydrogen (secondary N) is 1. The molecule has 27 heavy (non-hydrogen) atoms. The third kappa shape index (κ3) is 5.96. The van der Waals surface area contributed by atoms with Crippen molar-refractivity contribution in [3.8, 4) is 5.69 Å². The van der Waals surface area contributed by atoms with Crippen molar-refractivity contribution in [2.75, 3.05) is 26.4 Å². The summed E-state index contributed by atoms with van der Waals surface area (Å²) >= 11 is 1.05. The fourth-order valence-corrected chi connectivity index (χ4v) is 3.36. The highest BCUT2D eigenvalue weighted by molar-refractivity contribution is 7.99. The Balaban J connectivity index is 2.24. The molecule has 0 aliphatic heterocycles. The maximum absolute atomic E-state index is 12.2. The van der Waals surface area contributed by atoms with Crippen molar-refractivity contribution in [3.63, 3.8) is 0 Å². The third-order valence-corrected chi connectivity index (χ3v) is 4.73.